The van der Waals surface area contributed by atoms with Gasteiger partial charge in [0.15, 0.2) is 12.4 Å². The van der Waals surface area contributed by atoms with Crippen LogP contribution in [0.15, 0.2) is 72.9 Å². The number of aliphatic hydroxyl groups excluding tert-OH is 5. The number of nitrogens with one attached hydrogen (secondary N) is 1. The molecule has 1 aliphatic heterocycles. The number of hydrogen-bond acceptors (Lipinski definition) is 10. The number of esters is 1. The number of ether oxygens (including phenoxy) is 3. The molecule has 488 valence electrons. The Morgan fingerprint density at radius 2 is 0.821 bits per heavy atom. The summed E-state index contributed by atoms with van der Waals surface area (Å²) in [5, 5.41) is 57.2. The van der Waals surface area contributed by atoms with Gasteiger partial charge in [-0.05, 0) is 96.3 Å². The van der Waals surface area contributed by atoms with E-state index >= 15 is 0 Å². The molecule has 0 aromatic rings. The first-order chi connectivity index (χ1) is 41.2. The van der Waals surface area contributed by atoms with E-state index in [1.165, 1.54) is 180 Å². The third-order valence-corrected chi connectivity index (χ3v) is 16.3. The van der Waals surface area contributed by atoms with Crippen molar-refractivity contribution >= 4 is 11.9 Å². The number of amides is 1. The highest BCUT2D eigenvalue weighted by Gasteiger charge is 2.47. The molecular formula is C73H131NO10. The largest absolute Gasteiger partial charge is 0.454 e. The van der Waals surface area contributed by atoms with E-state index < -0.39 is 67.4 Å². The summed E-state index contributed by atoms with van der Waals surface area (Å²) in [5.41, 5.74) is 0. The Hall–Kier alpha value is -2.90. The average molecular weight is 1180 g/mol. The van der Waals surface area contributed by atoms with Crippen molar-refractivity contribution in [2.45, 2.75) is 365 Å². The van der Waals surface area contributed by atoms with Gasteiger partial charge in [0, 0.05) is 6.42 Å². The molecule has 0 spiro atoms. The Bertz CT molecular complexity index is 1640. The van der Waals surface area contributed by atoms with Crippen LogP contribution >= 0.6 is 0 Å². The zero-order valence-electron chi connectivity index (χ0n) is 54.3. The Morgan fingerprint density at radius 3 is 1.25 bits per heavy atom. The summed E-state index contributed by atoms with van der Waals surface area (Å²) < 4.78 is 17.7. The Labute approximate surface area is 515 Å². The fraction of sp³-hybridized carbons (Fsp3) is 0.808. The summed E-state index contributed by atoms with van der Waals surface area (Å²) in [6, 6.07) is -1.03. The molecule has 0 radical (unpaired) electrons. The van der Waals surface area contributed by atoms with Gasteiger partial charge in [-0.15, -0.1) is 0 Å². The third-order valence-electron chi connectivity index (χ3n) is 16.3. The first-order valence-corrected chi connectivity index (χ1v) is 35.2. The van der Waals surface area contributed by atoms with Crippen LogP contribution < -0.4 is 5.32 Å². The number of rotatable bonds is 60. The van der Waals surface area contributed by atoms with Crippen LogP contribution in [0.5, 0.6) is 0 Å². The topological polar surface area (TPSA) is 175 Å². The molecule has 1 fully saturated rings. The van der Waals surface area contributed by atoms with E-state index in [2.05, 4.69) is 86.8 Å². The predicted molar refractivity (Wildman–Crippen MR) is 352 cm³/mol. The van der Waals surface area contributed by atoms with Crippen molar-refractivity contribution in [3.63, 3.8) is 0 Å². The molecule has 8 atom stereocenters. The van der Waals surface area contributed by atoms with E-state index in [1.807, 2.05) is 6.08 Å². The number of carbonyl (C=O) groups is 2. The smallest absolute Gasteiger partial charge is 0.306 e. The van der Waals surface area contributed by atoms with E-state index in [4.69, 9.17) is 14.2 Å². The normalized spacial score (nSPS) is 18.9. The average Bonchev–Trinajstić information content (AvgIpc) is 3.69. The maximum atomic E-state index is 13.5. The molecule has 0 aromatic carbocycles. The van der Waals surface area contributed by atoms with E-state index in [1.54, 1.807) is 6.08 Å². The second-order valence-corrected chi connectivity index (χ2v) is 24.3. The number of allylic oxidation sites excluding steroid dienone is 11. The standard InChI is InChI=1S/C73H131NO10/c1-4-7-10-13-16-19-22-25-27-29-31-33-35-36-38-40-42-45-48-51-54-57-60-66(77)72(81)74-64(65(76)59-56-53-50-47-44-24-21-18-15-12-9-6-3)63-82-73-71(70(80)69(79)67(62-75)83-73)84-68(78)61-58-55-52-49-46-43-41-39-37-34-32-30-28-26-23-20-17-14-11-8-5-2/h16-17,19-20,25-28,32,34,56,59,64-67,69-71,73,75-77,79-80H,4-15,18,21-24,29-31,33,35-55,57-58,60-63H2,1-3H3,(H,74,81)/b19-16-,20-17-,27-25-,28-26-,34-32-,59-56+. The van der Waals surface area contributed by atoms with E-state index in [9.17, 15) is 35.1 Å². The maximum absolute atomic E-state index is 13.5. The second-order valence-electron chi connectivity index (χ2n) is 24.3. The van der Waals surface area contributed by atoms with Gasteiger partial charge in [0.1, 0.15) is 24.4 Å². The van der Waals surface area contributed by atoms with E-state index in [0.717, 1.165) is 89.9 Å². The van der Waals surface area contributed by atoms with Crippen LogP contribution in [0.2, 0.25) is 0 Å². The first kappa shape index (κ1) is 79.1. The lowest BCUT2D eigenvalue weighted by Gasteiger charge is -2.41. The van der Waals surface area contributed by atoms with Crippen LogP contribution in [0, 0.1) is 0 Å². The molecule has 1 heterocycles. The molecule has 8 unspecified atom stereocenters. The van der Waals surface area contributed by atoms with E-state index in [0.29, 0.717) is 12.8 Å². The van der Waals surface area contributed by atoms with Crippen molar-refractivity contribution in [1.29, 1.82) is 0 Å². The van der Waals surface area contributed by atoms with Crippen molar-refractivity contribution in [1.82, 2.24) is 5.32 Å². The predicted octanol–water partition coefficient (Wildman–Crippen LogP) is 17.9. The lowest BCUT2D eigenvalue weighted by molar-refractivity contribution is -0.305. The highest BCUT2D eigenvalue weighted by atomic mass is 16.7. The van der Waals surface area contributed by atoms with Crippen LogP contribution in [0.1, 0.15) is 316 Å². The summed E-state index contributed by atoms with van der Waals surface area (Å²) in [4.78, 5) is 26.7. The van der Waals surface area contributed by atoms with Crippen molar-refractivity contribution < 1.29 is 49.3 Å². The third kappa shape index (κ3) is 47.2. The van der Waals surface area contributed by atoms with Crippen LogP contribution in [0.3, 0.4) is 0 Å². The van der Waals surface area contributed by atoms with Gasteiger partial charge in [-0.2, -0.15) is 0 Å². The van der Waals surface area contributed by atoms with Gasteiger partial charge in [-0.1, -0.05) is 286 Å². The van der Waals surface area contributed by atoms with Crippen molar-refractivity contribution in [2.24, 2.45) is 0 Å². The molecule has 0 saturated carbocycles. The summed E-state index contributed by atoms with van der Waals surface area (Å²) in [7, 11) is 0. The molecular weight excluding hydrogens is 1050 g/mol. The second kappa shape index (κ2) is 60.4. The van der Waals surface area contributed by atoms with Gasteiger partial charge in [0.05, 0.1) is 25.4 Å². The van der Waals surface area contributed by atoms with Gasteiger partial charge in [0.2, 0.25) is 5.91 Å². The fourth-order valence-electron chi connectivity index (χ4n) is 10.7. The van der Waals surface area contributed by atoms with E-state index in [-0.39, 0.29) is 19.4 Å². The molecule has 11 heteroatoms. The number of unbranched alkanes of at least 4 members (excludes halogenated alkanes) is 36. The van der Waals surface area contributed by atoms with Gasteiger partial charge in [0.25, 0.3) is 0 Å². The van der Waals surface area contributed by atoms with Crippen molar-refractivity contribution in [2.75, 3.05) is 13.2 Å². The minimum Gasteiger partial charge on any atom is -0.454 e. The SMILES string of the molecule is CCCCC/C=C\C/C=C\C/C=C\CCCCCCCCCCC(=O)OC1C(OCC(NC(=O)C(O)CCCCCCCCCCCCCC/C=C\C/C=C\CCCCC)C(O)/C=C/CCCCCCCCCCCC)OC(CO)C(O)C1O. The zero-order chi connectivity index (χ0) is 61.0. The molecule has 1 amide bonds. The Balaban J connectivity index is 2.59. The fourth-order valence-corrected chi connectivity index (χ4v) is 10.7. The highest BCUT2D eigenvalue weighted by molar-refractivity contribution is 5.80. The van der Waals surface area contributed by atoms with Crippen LogP contribution in [0.4, 0.5) is 0 Å². The minimum absolute atomic E-state index is 0.114. The summed E-state index contributed by atoms with van der Waals surface area (Å²) in [6.07, 6.45) is 67.9. The number of aliphatic hydroxyl groups is 5. The molecule has 11 nitrogen and oxygen atoms in total. The number of hydrogen-bond donors (Lipinski definition) is 6. The maximum Gasteiger partial charge on any atom is 0.306 e. The molecule has 0 aliphatic carbocycles. The van der Waals surface area contributed by atoms with Crippen LogP contribution in [0.25, 0.3) is 0 Å². The summed E-state index contributed by atoms with van der Waals surface area (Å²) in [5.74, 6) is -1.20. The molecule has 6 N–H and O–H groups in total. The molecule has 84 heavy (non-hydrogen) atoms. The summed E-state index contributed by atoms with van der Waals surface area (Å²) in [6.45, 7) is 5.76. The highest BCUT2D eigenvalue weighted by Crippen LogP contribution is 2.26. The summed E-state index contributed by atoms with van der Waals surface area (Å²) >= 11 is 0. The minimum atomic E-state index is -1.62. The Kier molecular flexibility index (Phi) is 56.9. The molecule has 1 rings (SSSR count). The molecule has 0 bridgehead atoms. The first-order valence-electron chi connectivity index (χ1n) is 35.2. The molecule has 0 aromatic heterocycles. The van der Waals surface area contributed by atoms with Gasteiger partial charge >= 0.3 is 5.97 Å². The van der Waals surface area contributed by atoms with Crippen molar-refractivity contribution in [3.8, 4) is 0 Å². The monoisotopic (exact) mass is 1180 g/mol. The van der Waals surface area contributed by atoms with Crippen LogP contribution in [-0.4, -0.2) is 99.6 Å². The number of carbonyl (C=O) groups excluding carboxylic acids is 2. The Morgan fingerprint density at radius 1 is 0.464 bits per heavy atom. The molecule has 1 saturated heterocycles. The lowest BCUT2D eigenvalue weighted by Crippen LogP contribution is -2.61. The van der Waals surface area contributed by atoms with Gasteiger partial charge in [-0.25, -0.2) is 0 Å². The molecule has 1 aliphatic rings. The zero-order valence-corrected chi connectivity index (χ0v) is 54.3. The van der Waals surface area contributed by atoms with Crippen molar-refractivity contribution in [3.05, 3.63) is 72.9 Å². The lowest BCUT2D eigenvalue weighted by atomic mass is 9.99. The van der Waals surface area contributed by atoms with Crippen LogP contribution in [-0.2, 0) is 23.8 Å². The quantitative estimate of drug-likeness (QED) is 0.0195. The van der Waals surface area contributed by atoms with Gasteiger partial charge < -0.3 is 45.1 Å². The van der Waals surface area contributed by atoms with Gasteiger partial charge in [-0.3, -0.25) is 9.59 Å².